The maximum absolute atomic E-state index is 12.9. The Balaban J connectivity index is 1.56. The maximum Gasteiger partial charge on any atom is 0.259 e. The van der Waals surface area contributed by atoms with E-state index in [1.54, 1.807) is 36.4 Å². The lowest BCUT2D eigenvalue weighted by molar-refractivity contribution is -0.119. The van der Waals surface area contributed by atoms with Gasteiger partial charge in [0.25, 0.3) is 5.91 Å². The standard InChI is InChI=1S/C22H18Cl2FN3O2/c23-17-3-1-2-15(10-17)14-30-21-9-4-18(24)11-16(21)12-27-28-22(29)13-26-20-7-5-19(25)6-8-20/h1-12,26H,13-14H2,(H,28,29)/b27-12-. The summed E-state index contributed by atoms with van der Waals surface area (Å²) in [5, 5.41) is 7.97. The van der Waals surface area contributed by atoms with Crippen molar-refractivity contribution < 1.29 is 13.9 Å². The highest BCUT2D eigenvalue weighted by molar-refractivity contribution is 6.31. The number of nitrogens with zero attached hydrogens (tertiary/aromatic N) is 1. The molecule has 0 aromatic heterocycles. The smallest absolute Gasteiger partial charge is 0.259 e. The van der Waals surface area contributed by atoms with Crippen molar-refractivity contribution in [2.45, 2.75) is 6.61 Å². The Kier molecular flexibility index (Phi) is 7.65. The summed E-state index contributed by atoms with van der Waals surface area (Å²) < 4.78 is 18.7. The van der Waals surface area contributed by atoms with E-state index in [0.29, 0.717) is 33.7 Å². The Morgan fingerprint density at radius 3 is 2.57 bits per heavy atom. The minimum Gasteiger partial charge on any atom is -0.488 e. The predicted molar refractivity (Wildman–Crippen MR) is 118 cm³/mol. The molecule has 1 amide bonds. The Morgan fingerprint density at radius 1 is 1.03 bits per heavy atom. The van der Waals surface area contributed by atoms with Gasteiger partial charge in [0, 0.05) is 21.3 Å². The minimum atomic E-state index is -0.362. The van der Waals surface area contributed by atoms with Crippen LogP contribution in [0.5, 0.6) is 5.75 Å². The number of rotatable bonds is 8. The highest BCUT2D eigenvalue weighted by atomic mass is 35.5. The quantitative estimate of drug-likeness (QED) is 0.366. The van der Waals surface area contributed by atoms with Crippen molar-refractivity contribution in [2.24, 2.45) is 5.10 Å². The second-order valence-electron chi connectivity index (χ2n) is 6.25. The van der Waals surface area contributed by atoms with Gasteiger partial charge in [-0.1, -0.05) is 35.3 Å². The van der Waals surface area contributed by atoms with Crippen molar-refractivity contribution in [2.75, 3.05) is 11.9 Å². The number of halogens is 3. The number of carbonyl (C=O) groups is 1. The molecular weight excluding hydrogens is 428 g/mol. The summed E-state index contributed by atoms with van der Waals surface area (Å²) in [7, 11) is 0. The number of anilines is 1. The topological polar surface area (TPSA) is 62.7 Å². The molecule has 0 saturated heterocycles. The largest absolute Gasteiger partial charge is 0.488 e. The van der Waals surface area contributed by atoms with Crippen LogP contribution in [0.3, 0.4) is 0 Å². The van der Waals surface area contributed by atoms with Gasteiger partial charge in [-0.3, -0.25) is 4.79 Å². The summed E-state index contributed by atoms with van der Waals surface area (Å²) in [4.78, 5) is 11.9. The molecule has 3 rings (SSSR count). The summed E-state index contributed by atoms with van der Waals surface area (Å²) in [5.41, 5.74) is 4.57. The molecular formula is C22H18Cl2FN3O2. The molecule has 0 fully saturated rings. The van der Waals surface area contributed by atoms with E-state index in [2.05, 4.69) is 15.8 Å². The SMILES string of the molecule is O=C(CNc1ccc(F)cc1)N/N=C\c1cc(Cl)ccc1OCc1cccc(Cl)c1. The van der Waals surface area contributed by atoms with Crippen LogP contribution in [0, 0.1) is 5.82 Å². The van der Waals surface area contributed by atoms with Crippen molar-refractivity contribution in [3.05, 3.63) is 93.7 Å². The summed E-state index contributed by atoms with van der Waals surface area (Å²) in [6.45, 7) is 0.299. The molecule has 0 radical (unpaired) electrons. The van der Waals surface area contributed by atoms with Crippen molar-refractivity contribution in [3.63, 3.8) is 0 Å². The van der Waals surface area contributed by atoms with E-state index in [1.807, 2.05) is 18.2 Å². The number of hydrazone groups is 1. The maximum atomic E-state index is 12.9. The van der Waals surface area contributed by atoms with E-state index in [1.165, 1.54) is 18.3 Å². The first-order valence-corrected chi connectivity index (χ1v) is 9.73. The Labute approximate surface area is 183 Å². The lowest BCUT2D eigenvalue weighted by atomic mass is 10.2. The molecule has 2 N–H and O–H groups in total. The van der Waals surface area contributed by atoms with Crippen LogP contribution in [0.25, 0.3) is 0 Å². The molecule has 3 aromatic carbocycles. The van der Waals surface area contributed by atoms with E-state index in [9.17, 15) is 9.18 Å². The molecule has 0 bridgehead atoms. The third kappa shape index (κ3) is 6.76. The van der Waals surface area contributed by atoms with Gasteiger partial charge in [-0.25, -0.2) is 9.82 Å². The number of hydrogen-bond acceptors (Lipinski definition) is 4. The van der Waals surface area contributed by atoms with Crippen LogP contribution in [0.1, 0.15) is 11.1 Å². The van der Waals surface area contributed by atoms with Gasteiger partial charge < -0.3 is 10.1 Å². The number of amides is 1. The second-order valence-corrected chi connectivity index (χ2v) is 7.13. The van der Waals surface area contributed by atoms with Gasteiger partial charge in [-0.2, -0.15) is 5.10 Å². The second kappa shape index (κ2) is 10.6. The van der Waals surface area contributed by atoms with Crippen molar-refractivity contribution in [1.82, 2.24) is 5.43 Å². The van der Waals surface area contributed by atoms with Gasteiger partial charge in [0.1, 0.15) is 18.2 Å². The molecule has 0 spiro atoms. The van der Waals surface area contributed by atoms with Gasteiger partial charge in [-0.05, 0) is 60.2 Å². The van der Waals surface area contributed by atoms with E-state index in [4.69, 9.17) is 27.9 Å². The third-order valence-electron chi connectivity index (χ3n) is 3.95. The number of ether oxygens (including phenoxy) is 1. The molecule has 5 nitrogen and oxygen atoms in total. The lowest BCUT2D eigenvalue weighted by Crippen LogP contribution is -2.25. The molecule has 3 aromatic rings. The molecule has 0 aliphatic rings. The molecule has 0 atom stereocenters. The molecule has 0 unspecified atom stereocenters. The molecule has 0 aliphatic carbocycles. The summed E-state index contributed by atoms with van der Waals surface area (Å²) in [6, 6.07) is 18.2. The van der Waals surface area contributed by atoms with Gasteiger partial charge >= 0.3 is 0 Å². The highest BCUT2D eigenvalue weighted by Gasteiger charge is 2.05. The van der Waals surface area contributed by atoms with E-state index >= 15 is 0 Å². The van der Waals surface area contributed by atoms with Gasteiger partial charge in [0.2, 0.25) is 0 Å². The first-order chi connectivity index (χ1) is 14.5. The zero-order chi connectivity index (χ0) is 21.3. The fourth-order valence-corrected chi connectivity index (χ4v) is 2.90. The van der Waals surface area contributed by atoms with Crippen molar-refractivity contribution in [3.8, 4) is 5.75 Å². The van der Waals surface area contributed by atoms with Crippen LogP contribution in [-0.2, 0) is 11.4 Å². The third-order valence-corrected chi connectivity index (χ3v) is 4.42. The van der Waals surface area contributed by atoms with Crippen LogP contribution >= 0.6 is 23.2 Å². The zero-order valence-corrected chi connectivity index (χ0v) is 17.3. The summed E-state index contributed by atoms with van der Waals surface area (Å²) >= 11 is 12.1. The lowest BCUT2D eigenvalue weighted by Gasteiger charge is -2.10. The van der Waals surface area contributed by atoms with Crippen LogP contribution < -0.4 is 15.5 Å². The zero-order valence-electron chi connectivity index (χ0n) is 15.7. The fourth-order valence-electron chi connectivity index (χ4n) is 2.50. The predicted octanol–water partition coefficient (Wildman–Crippen LogP) is 5.27. The number of carbonyl (C=O) groups excluding carboxylic acids is 1. The fraction of sp³-hybridized carbons (Fsp3) is 0.0909. The summed E-state index contributed by atoms with van der Waals surface area (Å²) in [6.07, 6.45) is 1.45. The number of hydrogen-bond donors (Lipinski definition) is 2. The first-order valence-electron chi connectivity index (χ1n) is 8.98. The van der Waals surface area contributed by atoms with Gasteiger partial charge in [-0.15, -0.1) is 0 Å². The average Bonchev–Trinajstić information content (AvgIpc) is 2.73. The van der Waals surface area contributed by atoms with Crippen LogP contribution in [-0.4, -0.2) is 18.7 Å². The minimum absolute atomic E-state index is 0.0172. The molecule has 8 heteroatoms. The van der Waals surface area contributed by atoms with E-state index in [0.717, 1.165) is 5.56 Å². The van der Waals surface area contributed by atoms with Gasteiger partial charge in [0.15, 0.2) is 0 Å². The molecule has 0 heterocycles. The Bertz CT molecular complexity index is 1040. The van der Waals surface area contributed by atoms with Crippen LogP contribution in [0.15, 0.2) is 71.8 Å². The number of nitrogens with one attached hydrogen (secondary N) is 2. The first kappa shape index (κ1) is 21.6. The van der Waals surface area contributed by atoms with Crippen molar-refractivity contribution in [1.29, 1.82) is 0 Å². The van der Waals surface area contributed by atoms with Crippen molar-refractivity contribution >= 4 is 41.0 Å². The molecule has 30 heavy (non-hydrogen) atoms. The van der Waals surface area contributed by atoms with E-state index in [-0.39, 0.29) is 18.3 Å². The molecule has 0 aliphatic heterocycles. The van der Waals surface area contributed by atoms with Crippen LogP contribution in [0.2, 0.25) is 10.0 Å². The molecule has 0 saturated carbocycles. The monoisotopic (exact) mass is 445 g/mol. The van der Waals surface area contributed by atoms with Gasteiger partial charge in [0.05, 0.1) is 12.8 Å². The molecule has 154 valence electrons. The normalized spacial score (nSPS) is 10.8. The summed E-state index contributed by atoms with van der Waals surface area (Å²) in [5.74, 6) is -0.148. The average molecular weight is 446 g/mol. The highest BCUT2D eigenvalue weighted by Crippen LogP contribution is 2.23. The Morgan fingerprint density at radius 2 is 1.80 bits per heavy atom. The van der Waals surface area contributed by atoms with Crippen LogP contribution in [0.4, 0.5) is 10.1 Å². The van der Waals surface area contributed by atoms with E-state index < -0.39 is 0 Å². The number of benzene rings is 3. The Hall–Kier alpha value is -3.09.